The Morgan fingerprint density at radius 1 is 1.30 bits per heavy atom. The fraction of sp³-hybridized carbons (Fsp3) is 0.200. The summed E-state index contributed by atoms with van der Waals surface area (Å²) < 4.78 is 13.1. The second-order valence-electron chi connectivity index (χ2n) is 5.80. The minimum Gasteiger partial charge on any atom is -0.484 e. The molecule has 5 nitrogen and oxygen atoms in total. The number of rotatable bonds is 7. The molecule has 0 atom stereocenters. The van der Waals surface area contributed by atoms with Gasteiger partial charge in [-0.05, 0) is 50.3 Å². The van der Waals surface area contributed by atoms with Gasteiger partial charge in [-0.3, -0.25) is 9.48 Å². The summed E-state index contributed by atoms with van der Waals surface area (Å²) >= 11 is 12.0. The maximum atomic E-state index is 12.3. The van der Waals surface area contributed by atoms with Crippen LogP contribution in [-0.2, 0) is 13.2 Å². The van der Waals surface area contributed by atoms with Crippen LogP contribution in [0.1, 0.15) is 34.5 Å². The molecule has 0 bridgehead atoms. The molecule has 3 rings (SSSR count). The van der Waals surface area contributed by atoms with Gasteiger partial charge in [-0.1, -0.05) is 29.3 Å². The predicted octanol–water partition coefficient (Wildman–Crippen LogP) is 5.59. The van der Waals surface area contributed by atoms with Gasteiger partial charge in [0, 0.05) is 12.2 Å². The van der Waals surface area contributed by atoms with Crippen molar-refractivity contribution in [3.63, 3.8) is 0 Å². The molecule has 2 heterocycles. The van der Waals surface area contributed by atoms with E-state index in [0.717, 1.165) is 12.2 Å². The molecule has 0 unspecified atom stereocenters. The molecule has 0 amide bonds. The van der Waals surface area contributed by atoms with Crippen molar-refractivity contribution in [2.24, 2.45) is 0 Å². The van der Waals surface area contributed by atoms with E-state index >= 15 is 0 Å². The van der Waals surface area contributed by atoms with Crippen molar-refractivity contribution in [2.45, 2.75) is 27.0 Å². The zero-order valence-electron chi connectivity index (χ0n) is 14.9. The number of aryl methyl sites for hydroxylation is 1. The zero-order valence-corrected chi connectivity index (χ0v) is 16.4. The van der Waals surface area contributed by atoms with E-state index in [1.165, 1.54) is 6.08 Å². The first kappa shape index (κ1) is 19.3. The first-order chi connectivity index (χ1) is 13.0. The molecular formula is C20H18Cl2N2O3. The maximum Gasteiger partial charge on any atom is 0.189 e. The van der Waals surface area contributed by atoms with E-state index in [9.17, 15) is 4.79 Å². The number of carbonyl (C=O) groups is 1. The summed E-state index contributed by atoms with van der Waals surface area (Å²) in [4.78, 5) is 12.3. The highest BCUT2D eigenvalue weighted by molar-refractivity contribution is 6.42. The van der Waals surface area contributed by atoms with Gasteiger partial charge in [-0.25, -0.2) is 0 Å². The number of hydrogen-bond donors (Lipinski definition) is 0. The van der Waals surface area contributed by atoms with Crippen molar-refractivity contribution < 1.29 is 13.9 Å². The first-order valence-electron chi connectivity index (χ1n) is 8.40. The summed E-state index contributed by atoms with van der Waals surface area (Å²) in [5, 5.41) is 4.97. The van der Waals surface area contributed by atoms with Gasteiger partial charge in [0.25, 0.3) is 0 Å². The minimum absolute atomic E-state index is 0.118. The molecule has 7 heteroatoms. The highest BCUT2D eigenvalue weighted by Crippen LogP contribution is 2.32. The first-order valence-corrected chi connectivity index (χ1v) is 9.15. The van der Waals surface area contributed by atoms with Gasteiger partial charge in [0.1, 0.15) is 28.9 Å². The second kappa shape index (κ2) is 8.46. The number of ketones is 1. The average molecular weight is 405 g/mol. The quantitative estimate of drug-likeness (QED) is 0.380. The van der Waals surface area contributed by atoms with Crippen LogP contribution in [-0.4, -0.2) is 15.6 Å². The van der Waals surface area contributed by atoms with E-state index in [1.807, 2.05) is 13.8 Å². The van der Waals surface area contributed by atoms with Crippen molar-refractivity contribution in [2.75, 3.05) is 0 Å². The van der Waals surface area contributed by atoms with Gasteiger partial charge in [-0.15, -0.1) is 0 Å². The van der Waals surface area contributed by atoms with Crippen molar-refractivity contribution >= 4 is 35.1 Å². The highest BCUT2D eigenvalue weighted by atomic mass is 35.5. The number of furan rings is 1. The summed E-state index contributed by atoms with van der Waals surface area (Å²) in [5.74, 6) is 1.52. The topological polar surface area (TPSA) is 57.3 Å². The lowest BCUT2D eigenvalue weighted by atomic mass is 10.1. The van der Waals surface area contributed by atoms with Crippen LogP contribution in [0.5, 0.6) is 5.75 Å². The van der Waals surface area contributed by atoms with Gasteiger partial charge in [0.15, 0.2) is 5.78 Å². The van der Waals surface area contributed by atoms with Crippen LogP contribution in [0.15, 0.2) is 47.0 Å². The molecule has 0 aliphatic rings. The molecular weight excluding hydrogens is 387 g/mol. The molecule has 3 aromatic rings. The molecule has 2 aromatic heterocycles. The van der Waals surface area contributed by atoms with Gasteiger partial charge >= 0.3 is 0 Å². The summed E-state index contributed by atoms with van der Waals surface area (Å²) in [6.07, 6.45) is 4.68. The second-order valence-corrected chi connectivity index (χ2v) is 6.59. The fourth-order valence-corrected chi connectivity index (χ4v) is 2.91. The smallest absolute Gasteiger partial charge is 0.189 e. The highest BCUT2D eigenvalue weighted by Gasteiger charge is 2.11. The Morgan fingerprint density at radius 2 is 2.11 bits per heavy atom. The van der Waals surface area contributed by atoms with Crippen LogP contribution in [0.2, 0.25) is 10.0 Å². The van der Waals surface area contributed by atoms with E-state index in [2.05, 4.69) is 5.10 Å². The Morgan fingerprint density at radius 3 is 2.85 bits per heavy atom. The number of allylic oxidation sites excluding steroid dienone is 1. The molecule has 1 aromatic carbocycles. The lowest BCUT2D eigenvalue weighted by Gasteiger charge is -2.06. The van der Waals surface area contributed by atoms with Gasteiger partial charge in [0.2, 0.25) is 0 Å². The molecule has 0 aliphatic carbocycles. The SMILES string of the molecule is CCn1ncc(C(=O)/C=C/c2ccc(COc3cccc(Cl)c3Cl)o2)c1C. The van der Waals surface area contributed by atoms with Crippen molar-refractivity contribution in [3.8, 4) is 5.75 Å². The Labute approximate surface area is 167 Å². The van der Waals surface area contributed by atoms with Crippen molar-refractivity contribution in [1.29, 1.82) is 0 Å². The normalized spacial score (nSPS) is 11.3. The average Bonchev–Trinajstić information content (AvgIpc) is 3.27. The third-order valence-corrected chi connectivity index (χ3v) is 4.84. The molecule has 0 N–H and O–H groups in total. The standard InChI is InChI=1S/C20H18Cl2N2O3/c1-3-24-13(2)16(11-23-24)18(25)10-9-14-7-8-15(27-14)12-26-19-6-4-5-17(21)20(19)22/h4-11H,3,12H2,1-2H3/b10-9+. The lowest BCUT2D eigenvalue weighted by molar-refractivity contribution is 0.104. The maximum absolute atomic E-state index is 12.3. The summed E-state index contributed by atoms with van der Waals surface area (Å²) in [7, 11) is 0. The van der Waals surface area contributed by atoms with E-state index in [4.69, 9.17) is 32.4 Å². The number of hydrogen-bond acceptors (Lipinski definition) is 4. The number of ether oxygens (including phenoxy) is 1. The van der Waals surface area contributed by atoms with Crippen LogP contribution in [0.25, 0.3) is 6.08 Å². The van der Waals surface area contributed by atoms with Crippen molar-refractivity contribution in [3.05, 3.63) is 75.4 Å². The van der Waals surface area contributed by atoms with Crippen molar-refractivity contribution in [1.82, 2.24) is 9.78 Å². The number of nitrogens with zero attached hydrogens (tertiary/aromatic N) is 2. The van der Waals surface area contributed by atoms with Crippen LogP contribution in [0.4, 0.5) is 0 Å². The van der Waals surface area contributed by atoms with E-state index in [-0.39, 0.29) is 12.4 Å². The summed E-state index contributed by atoms with van der Waals surface area (Å²) in [5.41, 5.74) is 1.43. The fourth-order valence-electron chi connectivity index (χ4n) is 2.56. The zero-order chi connectivity index (χ0) is 19.4. The Bertz CT molecular complexity index is 989. The Kier molecular flexibility index (Phi) is 6.04. The monoisotopic (exact) mass is 404 g/mol. The predicted molar refractivity (Wildman–Crippen MR) is 106 cm³/mol. The number of benzene rings is 1. The molecule has 0 aliphatic heterocycles. The Balaban J connectivity index is 1.63. The van der Waals surface area contributed by atoms with E-state index < -0.39 is 0 Å². The summed E-state index contributed by atoms with van der Waals surface area (Å²) in [6, 6.07) is 8.73. The van der Waals surface area contributed by atoms with E-state index in [0.29, 0.717) is 32.9 Å². The van der Waals surface area contributed by atoms with Crippen LogP contribution in [0, 0.1) is 6.92 Å². The molecule has 0 fully saturated rings. The van der Waals surface area contributed by atoms with Crippen LogP contribution < -0.4 is 4.74 Å². The van der Waals surface area contributed by atoms with Crippen LogP contribution >= 0.6 is 23.2 Å². The molecule has 0 saturated carbocycles. The van der Waals surface area contributed by atoms with Gasteiger partial charge in [-0.2, -0.15) is 5.10 Å². The Hall–Kier alpha value is -2.50. The number of aromatic nitrogens is 2. The molecule has 140 valence electrons. The molecule has 0 radical (unpaired) electrons. The third-order valence-electron chi connectivity index (χ3n) is 4.04. The van der Waals surface area contributed by atoms with Crippen LogP contribution in [0.3, 0.4) is 0 Å². The lowest BCUT2D eigenvalue weighted by Crippen LogP contribution is -2.01. The molecule has 27 heavy (non-hydrogen) atoms. The number of carbonyl (C=O) groups excluding carboxylic acids is 1. The third kappa shape index (κ3) is 4.43. The largest absolute Gasteiger partial charge is 0.484 e. The molecule has 0 spiro atoms. The summed E-state index contributed by atoms with van der Waals surface area (Å²) in [6.45, 7) is 4.78. The van der Waals surface area contributed by atoms with Gasteiger partial charge < -0.3 is 9.15 Å². The minimum atomic E-state index is -0.118. The molecule has 0 saturated heterocycles. The number of halogens is 2. The van der Waals surface area contributed by atoms with Gasteiger partial charge in [0.05, 0.1) is 16.8 Å². The van der Waals surface area contributed by atoms with E-state index in [1.54, 1.807) is 47.3 Å².